The predicted molar refractivity (Wildman–Crippen MR) is 124 cm³/mol. The van der Waals surface area contributed by atoms with E-state index in [2.05, 4.69) is 26.3 Å². The predicted octanol–water partition coefficient (Wildman–Crippen LogP) is 2.78. The first-order valence-corrected chi connectivity index (χ1v) is 10.9. The van der Waals surface area contributed by atoms with Gasteiger partial charge in [0, 0.05) is 30.5 Å². The smallest absolute Gasteiger partial charge is 0.317 e. The van der Waals surface area contributed by atoms with E-state index in [1.807, 2.05) is 0 Å². The van der Waals surface area contributed by atoms with Gasteiger partial charge in [-0.05, 0) is 23.3 Å². The summed E-state index contributed by atoms with van der Waals surface area (Å²) in [4.78, 5) is 51.5. The number of aromatic nitrogens is 1. The third-order valence-electron chi connectivity index (χ3n) is 6.41. The summed E-state index contributed by atoms with van der Waals surface area (Å²) in [5.41, 5.74) is -0.200. The molecule has 2 unspecified atom stereocenters. The number of nitrogens with zero attached hydrogens (tertiary/aromatic N) is 3. The van der Waals surface area contributed by atoms with Crippen molar-refractivity contribution < 1.29 is 19.4 Å². The highest BCUT2D eigenvalue weighted by Crippen LogP contribution is 2.47. The van der Waals surface area contributed by atoms with E-state index in [-0.39, 0.29) is 11.4 Å². The molecule has 0 aliphatic carbocycles. The molecule has 0 radical (unpaired) electrons. The molecule has 4 N–H and O–H groups in total. The molecule has 2 atom stereocenters. The molecule has 0 spiro atoms. The van der Waals surface area contributed by atoms with Gasteiger partial charge in [0.15, 0.2) is 5.66 Å². The molecule has 182 valence electrons. The lowest BCUT2D eigenvalue weighted by molar-refractivity contribution is -0.385. The van der Waals surface area contributed by atoms with Crippen LogP contribution in [0.2, 0.25) is 0 Å². The van der Waals surface area contributed by atoms with E-state index in [0.29, 0.717) is 16.8 Å². The summed E-state index contributed by atoms with van der Waals surface area (Å²) in [6, 6.07) is 14.0. The third kappa shape index (κ3) is 3.81. The molecule has 0 bridgehead atoms. The van der Waals surface area contributed by atoms with Crippen LogP contribution in [-0.4, -0.2) is 26.9 Å². The molecule has 1 aromatic heterocycles. The van der Waals surface area contributed by atoms with Crippen molar-refractivity contribution in [1.82, 2.24) is 26.3 Å². The van der Waals surface area contributed by atoms with Gasteiger partial charge in [-0.25, -0.2) is 9.59 Å². The highest BCUT2D eigenvalue weighted by atomic mass is 16.6. The Labute approximate surface area is 203 Å². The summed E-state index contributed by atoms with van der Waals surface area (Å²) in [7, 11) is 0. The monoisotopic (exact) mass is 489 g/mol. The zero-order valence-corrected chi connectivity index (χ0v) is 18.5. The SMILES string of the molecule is O=C1NC(c2ccc([N+](=O)[O-])cc2)C2C(c3ccc([N+](=O)[O-])cc3)NC(=O)NC2(c2ccccn2)N1. The Kier molecular flexibility index (Phi) is 5.43. The number of non-ortho nitro benzene ring substituents is 2. The Balaban J connectivity index is 1.69. The first-order valence-electron chi connectivity index (χ1n) is 10.9. The molecule has 3 aromatic rings. The van der Waals surface area contributed by atoms with Crippen LogP contribution in [0.4, 0.5) is 21.0 Å². The van der Waals surface area contributed by atoms with Gasteiger partial charge < -0.3 is 21.3 Å². The minimum atomic E-state index is -1.47. The Morgan fingerprint density at radius 1 is 0.722 bits per heavy atom. The summed E-state index contributed by atoms with van der Waals surface area (Å²) in [5, 5.41) is 33.7. The number of carbonyl (C=O) groups is 2. The number of pyridine rings is 1. The van der Waals surface area contributed by atoms with Crippen LogP contribution in [0, 0.1) is 26.1 Å². The molecule has 13 heteroatoms. The summed E-state index contributed by atoms with van der Waals surface area (Å²) in [6.45, 7) is 0. The van der Waals surface area contributed by atoms with Gasteiger partial charge in [-0.2, -0.15) is 0 Å². The average Bonchev–Trinajstić information content (AvgIpc) is 2.88. The fraction of sp³-hybridized carbons (Fsp3) is 0.174. The summed E-state index contributed by atoms with van der Waals surface area (Å²) in [6.07, 6.45) is 1.53. The van der Waals surface area contributed by atoms with Gasteiger partial charge in [-0.3, -0.25) is 25.2 Å². The van der Waals surface area contributed by atoms with Gasteiger partial charge >= 0.3 is 12.1 Å². The number of fused-ring (bicyclic) bond motifs is 1. The van der Waals surface area contributed by atoms with Crippen molar-refractivity contribution in [2.75, 3.05) is 0 Å². The maximum Gasteiger partial charge on any atom is 0.317 e. The molecule has 13 nitrogen and oxygen atoms in total. The molecule has 2 fully saturated rings. The summed E-state index contributed by atoms with van der Waals surface area (Å²) < 4.78 is 0. The number of hydrogen-bond donors (Lipinski definition) is 4. The van der Waals surface area contributed by atoms with E-state index in [4.69, 9.17) is 0 Å². The first-order chi connectivity index (χ1) is 17.3. The molecule has 4 amide bonds. The average molecular weight is 489 g/mol. The number of urea groups is 2. The van der Waals surface area contributed by atoms with Crippen molar-refractivity contribution in [2.45, 2.75) is 17.7 Å². The van der Waals surface area contributed by atoms with Gasteiger partial charge in [-0.15, -0.1) is 0 Å². The van der Waals surface area contributed by atoms with E-state index in [0.717, 1.165) is 0 Å². The van der Waals surface area contributed by atoms with Crippen LogP contribution in [0.5, 0.6) is 0 Å². The van der Waals surface area contributed by atoms with Crippen LogP contribution in [0.15, 0.2) is 72.9 Å². The van der Waals surface area contributed by atoms with Crippen LogP contribution in [0.25, 0.3) is 0 Å². The maximum absolute atomic E-state index is 12.9. The number of nitrogens with one attached hydrogen (secondary N) is 4. The molecule has 2 saturated heterocycles. The molecule has 36 heavy (non-hydrogen) atoms. The molecule has 2 aromatic carbocycles. The van der Waals surface area contributed by atoms with E-state index < -0.39 is 45.6 Å². The Hall–Kier alpha value is -5.07. The number of nitro benzene ring substituents is 2. The lowest BCUT2D eigenvalue weighted by Gasteiger charge is -2.54. The van der Waals surface area contributed by atoms with Gasteiger partial charge in [0.2, 0.25) is 0 Å². The minimum Gasteiger partial charge on any atom is -0.331 e. The lowest BCUT2D eigenvalue weighted by Crippen LogP contribution is -2.76. The number of benzene rings is 2. The summed E-state index contributed by atoms with van der Waals surface area (Å²) in [5.74, 6) is -0.661. The Bertz CT molecular complexity index is 1270. The quantitative estimate of drug-likeness (QED) is 0.314. The molecule has 5 rings (SSSR count). The topological polar surface area (TPSA) is 181 Å². The van der Waals surface area contributed by atoms with Crippen molar-refractivity contribution in [3.8, 4) is 0 Å². The normalized spacial score (nSPS) is 24.8. The van der Waals surface area contributed by atoms with Crippen LogP contribution < -0.4 is 21.3 Å². The molecule has 2 aliphatic rings. The van der Waals surface area contributed by atoms with E-state index in [1.54, 1.807) is 42.5 Å². The second kappa shape index (κ2) is 8.61. The first kappa shape index (κ1) is 22.7. The number of amides is 4. The molecule has 2 aliphatic heterocycles. The second-order valence-corrected chi connectivity index (χ2v) is 8.40. The second-order valence-electron chi connectivity index (χ2n) is 8.40. The maximum atomic E-state index is 12.9. The van der Waals surface area contributed by atoms with Crippen LogP contribution in [0.3, 0.4) is 0 Å². The van der Waals surface area contributed by atoms with Gasteiger partial charge in [0.25, 0.3) is 11.4 Å². The van der Waals surface area contributed by atoms with Gasteiger partial charge in [0.1, 0.15) is 0 Å². The molecule has 3 heterocycles. The van der Waals surface area contributed by atoms with Crippen LogP contribution in [0.1, 0.15) is 28.9 Å². The highest BCUT2D eigenvalue weighted by Gasteiger charge is 2.58. The van der Waals surface area contributed by atoms with Crippen LogP contribution in [-0.2, 0) is 5.66 Å². The summed E-state index contributed by atoms with van der Waals surface area (Å²) >= 11 is 0. The van der Waals surface area contributed by atoms with Gasteiger partial charge in [-0.1, -0.05) is 30.3 Å². The van der Waals surface area contributed by atoms with Crippen molar-refractivity contribution in [3.63, 3.8) is 0 Å². The third-order valence-corrected chi connectivity index (χ3v) is 6.41. The Morgan fingerprint density at radius 2 is 1.19 bits per heavy atom. The largest absolute Gasteiger partial charge is 0.331 e. The van der Waals surface area contributed by atoms with Crippen molar-refractivity contribution in [2.24, 2.45) is 5.92 Å². The highest BCUT2D eigenvalue weighted by molar-refractivity contribution is 5.82. The molecule has 0 saturated carbocycles. The van der Waals surface area contributed by atoms with E-state index in [1.165, 1.54) is 30.5 Å². The number of rotatable bonds is 5. The number of carbonyl (C=O) groups excluding carboxylic acids is 2. The Morgan fingerprint density at radius 3 is 1.58 bits per heavy atom. The van der Waals surface area contributed by atoms with Crippen LogP contribution >= 0.6 is 0 Å². The minimum absolute atomic E-state index is 0.114. The van der Waals surface area contributed by atoms with Gasteiger partial charge in [0.05, 0.1) is 33.5 Å². The fourth-order valence-corrected chi connectivity index (χ4v) is 4.87. The zero-order valence-electron chi connectivity index (χ0n) is 18.5. The zero-order chi connectivity index (χ0) is 25.4. The standard InChI is InChI=1S/C23H19N7O6/c31-21-25-19(13-4-8-15(9-5-13)29(33)34)18-20(14-6-10-16(11-7-14)30(35)36)26-22(32)28-23(18,27-21)17-3-1-2-12-24-17/h1-12,18-20H,(H2,25,27,31)(H2,26,28,32). The fourth-order valence-electron chi connectivity index (χ4n) is 4.87. The number of nitro groups is 2. The van der Waals surface area contributed by atoms with E-state index in [9.17, 15) is 29.8 Å². The number of hydrogen-bond acceptors (Lipinski definition) is 7. The van der Waals surface area contributed by atoms with E-state index >= 15 is 0 Å². The van der Waals surface area contributed by atoms with Crippen molar-refractivity contribution in [3.05, 3.63) is 110 Å². The van der Waals surface area contributed by atoms with Crippen molar-refractivity contribution in [1.29, 1.82) is 0 Å². The molecular weight excluding hydrogens is 470 g/mol. The lowest BCUT2D eigenvalue weighted by atomic mass is 9.71. The van der Waals surface area contributed by atoms with Crippen molar-refractivity contribution >= 4 is 23.4 Å². The molecular formula is C23H19N7O6.